The summed E-state index contributed by atoms with van der Waals surface area (Å²) in [4.78, 5) is 22.5. The molecule has 0 radical (unpaired) electrons. The van der Waals surface area contributed by atoms with Crippen LogP contribution in [-0.4, -0.2) is 12.1 Å². The van der Waals surface area contributed by atoms with Crippen molar-refractivity contribution in [3.05, 3.63) is 46.5 Å². The molecule has 0 saturated heterocycles. The third kappa shape index (κ3) is 4.19. The highest BCUT2D eigenvalue weighted by molar-refractivity contribution is 6.25. The summed E-state index contributed by atoms with van der Waals surface area (Å²) < 4.78 is 0. The Morgan fingerprint density at radius 2 is 1.83 bits per heavy atom. The Balaban J connectivity index is 2.54. The van der Waals surface area contributed by atoms with Crippen LogP contribution in [-0.2, 0) is 9.59 Å². The van der Waals surface area contributed by atoms with Gasteiger partial charge in [0.05, 0.1) is 0 Å². The summed E-state index contributed by atoms with van der Waals surface area (Å²) >= 11 is 0. The molecule has 0 saturated carbocycles. The molecule has 0 amide bonds. The first-order chi connectivity index (χ1) is 10.8. The average Bonchev–Trinajstić information content (AvgIpc) is 2.49. The van der Waals surface area contributed by atoms with Gasteiger partial charge in [-0.2, -0.15) is 0 Å². The Bertz CT molecular complexity index is 617. The highest BCUT2D eigenvalue weighted by Crippen LogP contribution is 2.47. The Kier molecular flexibility index (Phi) is 5.56. The molecule has 2 heteroatoms. The maximum absolute atomic E-state index is 11.7. The van der Waals surface area contributed by atoms with Gasteiger partial charge in [-0.1, -0.05) is 56.2 Å². The molecule has 0 aromatic heterocycles. The normalized spacial score (nSPS) is 17.0. The molecule has 2 nitrogen and oxygen atoms in total. The van der Waals surface area contributed by atoms with Crippen LogP contribution in [0.1, 0.15) is 69.9 Å². The van der Waals surface area contributed by atoms with Gasteiger partial charge in [-0.25, -0.2) is 0 Å². The zero-order valence-electron chi connectivity index (χ0n) is 14.8. The lowest BCUT2D eigenvalue weighted by atomic mass is 9.67. The molecule has 1 aromatic rings. The SMILES string of the molecule is Cc1ccccc1C(C1=C(CC(=O)C=O)CCCC1)C(C)(C)C. The topological polar surface area (TPSA) is 34.1 Å². The number of aldehydes is 1. The molecule has 1 aliphatic carbocycles. The van der Waals surface area contributed by atoms with Crippen molar-refractivity contribution >= 4 is 12.1 Å². The van der Waals surface area contributed by atoms with E-state index in [1.165, 1.54) is 28.7 Å². The zero-order valence-corrected chi connectivity index (χ0v) is 14.8. The van der Waals surface area contributed by atoms with Gasteiger partial charge in [-0.15, -0.1) is 0 Å². The number of ketones is 1. The second kappa shape index (κ2) is 7.25. The van der Waals surface area contributed by atoms with Crippen molar-refractivity contribution in [3.8, 4) is 0 Å². The van der Waals surface area contributed by atoms with Gasteiger partial charge < -0.3 is 0 Å². The van der Waals surface area contributed by atoms with E-state index < -0.39 is 0 Å². The van der Waals surface area contributed by atoms with Gasteiger partial charge in [0.15, 0.2) is 12.1 Å². The Labute approximate surface area is 140 Å². The average molecular weight is 312 g/mol. The smallest absolute Gasteiger partial charge is 0.199 e. The summed E-state index contributed by atoms with van der Waals surface area (Å²) in [6.45, 7) is 8.97. The Morgan fingerprint density at radius 1 is 1.17 bits per heavy atom. The molecule has 0 heterocycles. The van der Waals surface area contributed by atoms with Crippen molar-refractivity contribution in [1.82, 2.24) is 0 Å². The quantitative estimate of drug-likeness (QED) is 0.428. The van der Waals surface area contributed by atoms with E-state index in [0.717, 1.165) is 19.3 Å². The van der Waals surface area contributed by atoms with Gasteiger partial charge in [0.1, 0.15) is 0 Å². The van der Waals surface area contributed by atoms with E-state index in [2.05, 4.69) is 52.0 Å². The molecule has 1 atom stereocenters. The van der Waals surface area contributed by atoms with Crippen molar-refractivity contribution in [2.75, 3.05) is 0 Å². The molecule has 0 N–H and O–H groups in total. The Hall–Kier alpha value is -1.70. The van der Waals surface area contributed by atoms with E-state index in [-0.39, 0.29) is 11.2 Å². The van der Waals surface area contributed by atoms with Crippen LogP contribution in [0.2, 0.25) is 0 Å². The van der Waals surface area contributed by atoms with Crippen LogP contribution >= 0.6 is 0 Å². The number of aryl methyl sites for hydroxylation is 1. The fourth-order valence-corrected chi connectivity index (χ4v) is 3.88. The summed E-state index contributed by atoms with van der Waals surface area (Å²) in [5, 5.41) is 0. The standard InChI is InChI=1S/C21H28O2/c1-15-9-5-7-11-18(15)20(21(2,3)4)19-12-8-6-10-16(19)13-17(23)14-22/h5,7,9,11,14,20H,6,8,10,12-13H2,1-4H3. The first-order valence-corrected chi connectivity index (χ1v) is 8.59. The van der Waals surface area contributed by atoms with Crippen molar-refractivity contribution in [3.63, 3.8) is 0 Å². The van der Waals surface area contributed by atoms with Crippen LogP contribution < -0.4 is 0 Å². The molecule has 124 valence electrons. The van der Waals surface area contributed by atoms with Crippen LogP contribution in [0.15, 0.2) is 35.4 Å². The van der Waals surface area contributed by atoms with E-state index in [1.807, 2.05) is 0 Å². The minimum absolute atomic E-state index is 0.0776. The predicted molar refractivity (Wildman–Crippen MR) is 94.6 cm³/mol. The maximum Gasteiger partial charge on any atom is 0.199 e. The van der Waals surface area contributed by atoms with E-state index in [0.29, 0.717) is 18.6 Å². The lowest BCUT2D eigenvalue weighted by Gasteiger charge is -2.37. The van der Waals surface area contributed by atoms with Gasteiger partial charge >= 0.3 is 0 Å². The summed E-state index contributed by atoms with van der Waals surface area (Å²) in [7, 11) is 0. The van der Waals surface area contributed by atoms with Crippen LogP contribution in [0.3, 0.4) is 0 Å². The number of Topliss-reactive ketones (excluding diaryl/α,β-unsaturated/α-hetero) is 1. The molecular formula is C21H28O2. The minimum atomic E-state index is -0.295. The molecule has 0 bridgehead atoms. The molecule has 2 rings (SSSR count). The first-order valence-electron chi connectivity index (χ1n) is 8.59. The highest BCUT2D eigenvalue weighted by Gasteiger charge is 2.33. The monoisotopic (exact) mass is 312 g/mol. The highest BCUT2D eigenvalue weighted by atomic mass is 16.2. The molecule has 0 spiro atoms. The summed E-state index contributed by atoms with van der Waals surface area (Å²) in [5.41, 5.74) is 5.33. The van der Waals surface area contributed by atoms with Crippen LogP contribution in [0.25, 0.3) is 0 Å². The fraction of sp³-hybridized carbons (Fsp3) is 0.524. The van der Waals surface area contributed by atoms with Crippen molar-refractivity contribution < 1.29 is 9.59 Å². The van der Waals surface area contributed by atoms with Crippen LogP contribution in [0.5, 0.6) is 0 Å². The third-order valence-electron chi connectivity index (χ3n) is 4.86. The van der Waals surface area contributed by atoms with Crippen molar-refractivity contribution in [2.24, 2.45) is 5.41 Å². The summed E-state index contributed by atoms with van der Waals surface area (Å²) in [6.07, 6.45) is 5.06. The lowest BCUT2D eigenvalue weighted by molar-refractivity contribution is -0.129. The second-order valence-electron chi connectivity index (χ2n) is 7.75. The number of carbonyl (C=O) groups is 2. The van der Waals surface area contributed by atoms with Gasteiger partial charge in [0, 0.05) is 12.3 Å². The second-order valence-corrected chi connectivity index (χ2v) is 7.75. The molecule has 1 unspecified atom stereocenters. The van der Waals surface area contributed by atoms with Gasteiger partial charge in [0.2, 0.25) is 0 Å². The van der Waals surface area contributed by atoms with Gasteiger partial charge in [-0.3, -0.25) is 9.59 Å². The van der Waals surface area contributed by atoms with E-state index in [4.69, 9.17) is 0 Å². The largest absolute Gasteiger partial charge is 0.295 e. The maximum atomic E-state index is 11.7. The van der Waals surface area contributed by atoms with Crippen LogP contribution in [0.4, 0.5) is 0 Å². The van der Waals surface area contributed by atoms with Gasteiger partial charge in [0.25, 0.3) is 0 Å². The van der Waals surface area contributed by atoms with Gasteiger partial charge in [-0.05, 0) is 49.1 Å². The number of allylic oxidation sites excluding steroid dienone is 2. The molecule has 1 aliphatic rings. The molecular weight excluding hydrogens is 284 g/mol. The van der Waals surface area contributed by atoms with Crippen molar-refractivity contribution in [1.29, 1.82) is 0 Å². The molecule has 0 fully saturated rings. The summed E-state index contributed by atoms with van der Waals surface area (Å²) in [6, 6.07) is 8.55. The van der Waals surface area contributed by atoms with Crippen molar-refractivity contribution in [2.45, 2.75) is 65.7 Å². The molecule has 0 aliphatic heterocycles. The number of carbonyl (C=O) groups excluding carboxylic acids is 2. The molecule has 1 aromatic carbocycles. The number of rotatable bonds is 5. The van der Waals surface area contributed by atoms with Crippen LogP contribution in [0, 0.1) is 12.3 Å². The third-order valence-corrected chi connectivity index (χ3v) is 4.86. The lowest BCUT2D eigenvalue weighted by Crippen LogP contribution is -2.24. The fourth-order valence-electron chi connectivity index (χ4n) is 3.88. The first kappa shape index (κ1) is 17.7. The minimum Gasteiger partial charge on any atom is -0.295 e. The number of benzene rings is 1. The Morgan fingerprint density at radius 3 is 2.43 bits per heavy atom. The number of hydrogen-bond donors (Lipinski definition) is 0. The zero-order chi connectivity index (χ0) is 17.0. The van der Waals surface area contributed by atoms with E-state index in [9.17, 15) is 9.59 Å². The predicted octanol–water partition coefficient (Wildman–Crippen LogP) is 5.15. The van der Waals surface area contributed by atoms with E-state index >= 15 is 0 Å². The van der Waals surface area contributed by atoms with E-state index in [1.54, 1.807) is 0 Å². The summed E-state index contributed by atoms with van der Waals surface area (Å²) in [5.74, 6) is 0.00953. The number of hydrogen-bond acceptors (Lipinski definition) is 2. The molecule has 23 heavy (non-hydrogen) atoms.